The van der Waals surface area contributed by atoms with Crippen molar-refractivity contribution in [3.05, 3.63) is 72.0 Å². The van der Waals surface area contributed by atoms with Crippen LogP contribution >= 0.6 is 0 Å². The number of aromatic nitrogens is 2. The summed E-state index contributed by atoms with van der Waals surface area (Å²) in [4.78, 5) is 0. The second-order valence-corrected chi connectivity index (χ2v) is 8.27. The number of nitrogens with zero attached hydrogens (tertiary/aromatic N) is 2. The SMILES string of the molecule is Cc1ccc(-c2nnc(-c3ccc(-c4cccc([C@H]5O[C@H](CO)[C@@H](O)[C@H](O)[C@@H]5O)c4)cc3)o2)o1. The molecule has 0 saturated carbocycles. The van der Waals surface area contributed by atoms with Crippen molar-refractivity contribution >= 4 is 0 Å². The molecule has 0 unspecified atom stereocenters. The Kier molecular flexibility index (Phi) is 6.03. The molecular weight excluding hydrogens is 440 g/mol. The molecule has 5 atom stereocenters. The van der Waals surface area contributed by atoms with Crippen molar-refractivity contribution in [3.8, 4) is 34.2 Å². The van der Waals surface area contributed by atoms with Crippen LogP contribution in [0, 0.1) is 6.92 Å². The number of furan rings is 1. The normalized spacial score (nSPS) is 24.9. The van der Waals surface area contributed by atoms with Gasteiger partial charge in [0.2, 0.25) is 5.89 Å². The summed E-state index contributed by atoms with van der Waals surface area (Å²) in [6, 6.07) is 18.5. The zero-order valence-corrected chi connectivity index (χ0v) is 18.3. The van der Waals surface area contributed by atoms with Gasteiger partial charge in [-0.25, -0.2) is 0 Å². The predicted molar refractivity (Wildman–Crippen MR) is 120 cm³/mol. The molecule has 0 bridgehead atoms. The molecule has 3 heterocycles. The van der Waals surface area contributed by atoms with E-state index in [-0.39, 0.29) is 0 Å². The van der Waals surface area contributed by atoms with Crippen LogP contribution < -0.4 is 0 Å². The molecule has 0 aliphatic carbocycles. The molecule has 2 aromatic carbocycles. The van der Waals surface area contributed by atoms with Crippen LogP contribution in [-0.4, -0.2) is 61.6 Å². The lowest BCUT2D eigenvalue weighted by atomic mass is 9.90. The molecule has 9 heteroatoms. The van der Waals surface area contributed by atoms with Gasteiger partial charge in [0, 0.05) is 5.56 Å². The Balaban J connectivity index is 1.37. The minimum atomic E-state index is -1.43. The smallest absolute Gasteiger partial charge is 0.283 e. The van der Waals surface area contributed by atoms with Crippen LogP contribution in [0.4, 0.5) is 0 Å². The van der Waals surface area contributed by atoms with Crippen molar-refractivity contribution < 1.29 is 34.0 Å². The maximum atomic E-state index is 10.4. The third-order valence-corrected chi connectivity index (χ3v) is 5.95. The van der Waals surface area contributed by atoms with E-state index in [1.807, 2.05) is 55.5 Å². The molecule has 1 aliphatic rings. The van der Waals surface area contributed by atoms with Crippen LogP contribution in [0.5, 0.6) is 0 Å². The first-order chi connectivity index (χ1) is 16.4. The third-order valence-electron chi connectivity index (χ3n) is 5.95. The Morgan fingerprint density at radius 1 is 0.765 bits per heavy atom. The maximum absolute atomic E-state index is 10.4. The summed E-state index contributed by atoms with van der Waals surface area (Å²) in [6.45, 7) is 1.37. The highest BCUT2D eigenvalue weighted by molar-refractivity contribution is 5.68. The fourth-order valence-electron chi connectivity index (χ4n) is 4.07. The molecule has 5 rings (SSSR count). The van der Waals surface area contributed by atoms with E-state index < -0.39 is 37.1 Å². The van der Waals surface area contributed by atoms with Gasteiger partial charge >= 0.3 is 0 Å². The molecule has 4 N–H and O–H groups in total. The zero-order valence-electron chi connectivity index (χ0n) is 18.3. The van der Waals surface area contributed by atoms with Crippen molar-refractivity contribution in [2.24, 2.45) is 0 Å². The van der Waals surface area contributed by atoms with Crippen molar-refractivity contribution in [3.63, 3.8) is 0 Å². The van der Waals surface area contributed by atoms with Crippen LogP contribution in [0.15, 0.2) is 69.5 Å². The van der Waals surface area contributed by atoms with E-state index in [0.717, 1.165) is 22.5 Å². The summed E-state index contributed by atoms with van der Waals surface area (Å²) < 4.78 is 16.9. The number of aryl methyl sites for hydroxylation is 1. The molecule has 4 aromatic rings. The fourth-order valence-corrected chi connectivity index (χ4v) is 4.07. The molecule has 9 nitrogen and oxygen atoms in total. The van der Waals surface area contributed by atoms with E-state index in [4.69, 9.17) is 13.6 Å². The molecule has 0 spiro atoms. The Bertz CT molecular complexity index is 1260. The van der Waals surface area contributed by atoms with Gasteiger partial charge in [-0.1, -0.05) is 30.3 Å². The average molecular weight is 464 g/mol. The van der Waals surface area contributed by atoms with Crippen LogP contribution in [0.3, 0.4) is 0 Å². The van der Waals surface area contributed by atoms with Crippen LogP contribution in [0.1, 0.15) is 17.4 Å². The third kappa shape index (κ3) is 4.15. The van der Waals surface area contributed by atoms with E-state index in [2.05, 4.69) is 10.2 Å². The largest absolute Gasteiger partial charge is 0.456 e. The first-order valence-electron chi connectivity index (χ1n) is 10.9. The Labute approximate surface area is 194 Å². The second kappa shape index (κ2) is 9.13. The van der Waals surface area contributed by atoms with Gasteiger partial charge in [0.15, 0.2) is 5.76 Å². The number of rotatable bonds is 5. The highest BCUT2D eigenvalue weighted by atomic mass is 16.5. The van der Waals surface area contributed by atoms with Crippen LogP contribution in [0.2, 0.25) is 0 Å². The molecule has 2 aromatic heterocycles. The van der Waals surface area contributed by atoms with E-state index >= 15 is 0 Å². The van der Waals surface area contributed by atoms with Gasteiger partial charge in [-0.05, 0) is 53.9 Å². The molecule has 34 heavy (non-hydrogen) atoms. The minimum Gasteiger partial charge on any atom is -0.456 e. The van der Waals surface area contributed by atoms with E-state index in [0.29, 0.717) is 23.1 Å². The molecule has 1 aliphatic heterocycles. The van der Waals surface area contributed by atoms with Gasteiger partial charge in [0.1, 0.15) is 36.3 Å². The van der Waals surface area contributed by atoms with E-state index in [9.17, 15) is 20.4 Å². The average Bonchev–Trinajstić information content (AvgIpc) is 3.52. The number of aliphatic hydroxyl groups excluding tert-OH is 4. The Hall–Kier alpha value is -3.34. The lowest BCUT2D eigenvalue weighted by molar-refractivity contribution is -0.231. The van der Waals surface area contributed by atoms with Gasteiger partial charge in [-0.3, -0.25) is 0 Å². The topological polar surface area (TPSA) is 142 Å². The molecule has 1 fully saturated rings. The fraction of sp³-hybridized carbons (Fsp3) is 0.280. The number of hydrogen-bond donors (Lipinski definition) is 4. The molecular formula is C25H24N2O7. The predicted octanol–water partition coefficient (Wildman–Crippen LogP) is 2.49. The molecule has 176 valence electrons. The monoisotopic (exact) mass is 464 g/mol. The highest BCUT2D eigenvalue weighted by Crippen LogP contribution is 2.34. The van der Waals surface area contributed by atoms with Crippen molar-refractivity contribution in [2.45, 2.75) is 37.4 Å². The summed E-state index contributed by atoms with van der Waals surface area (Å²) >= 11 is 0. The quantitative estimate of drug-likeness (QED) is 0.350. The van der Waals surface area contributed by atoms with Gasteiger partial charge in [0.25, 0.3) is 5.89 Å². The first kappa shape index (κ1) is 22.5. The summed E-state index contributed by atoms with van der Waals surface area (Å²) in [5, 5.41) is 48.2. The van der Waals surface area contributed by atoms with Crippen molar-refractivity contribution in [1.29, 1.82) is 0 Å². The number of aliphatic hydroxyl groups is 4. The van der Waals surface area contributed by atoms with Crippen LogP contribution in [-0.2, 0) is 4.74 Å². The lowest BCUT2D eigenvalue weighted by Crippen LogP contribution is -2.55. The summed E-state index contributed by atoms with van der Waals surface area (Å²) in [5.41, 5.74) is 3.12. The number of ether oxygens (including phenoxy) is 1. The summed E-state index contributed by atoms with van der Waals surface area (Å²) in [5.74, 6) is 1.94. The molecule has 0 radical (unpaired) electrons. The van der Waals surface area contributed by atoms with Crippen molar-refractivity contribution in [1.82, 2.24) is 10.2 Å². The first-order valence-corrected chi connectivity index (χ1v) is 10.9. The number of hydrogen-bond acceptors (Lipinski definition) is 9. The summed E-state index contributed by atoms with van der Waals surface area (Å²) in [7, 11) is 0. The zero-order chi connectivity index (χ0) is 23.8. The minimum absolute atomic E-state index is 0.305. The van der Waals surface area contributed by atoms with E-state index in [1.54, 1.807) is 12.1 Å². The lowest BCUT2D eigenvalue weighted by Gasteiger charge is -2.40. The van der Waals surface area contributed by atoms with E-state index in [1.165, 1.54) is 0 Å². The molecule has 0 amide bonds. The van der Waals surface area contributed by atoms with Crippen LogP contribution in [0.25, 0.3) is 34.2 Å². The highest BCUT2D eigenvalue weighted by Gasteiger charge is 2.43. The van der Waals surface area contributed by atoms with Gasteiger partial charge < -0.3 is 34.0 Å². The van der Waals surface area contributed by atoms with Gasteiger partial charge in [0.05, 0.1) is 6.61 Å². The Morgan fingerprint density at radius 2 is 1.50 bits per heavy atom. The molecule has 1 saturated heterocycles. The van der Waals surface area contributed by atoms with Crippen molar-refractivity contribution in [2.75, 3.05) is 6.61 Å². The standard InChI is InChI=1S/C25H24N2O7/c1-13-5-10-18(32-13)25-27-26-24(34-25)15-8-6-14(7-9-15)16-3-2-4-17(11-16)23-22(31)21(30)20(29)19(12-28)33-23/h2-11,19-23,28-31H,12H2,1H3/t19-,20-,21+,22+,23-/m1/s1. The van der Waals surface area contributed by atoms with Gasteiger partial charge in [-0.15, -0.1) is 10.2 Å². The summed E-state index contributed by atoms with van der Waals surface area (Å²) in [6.07, 6.45) is -6.01. The second-order valence-electron chi connectivity index (χ2n) is 8.27. The Morgan fingerprint density at radius 3 is 2.21 bits per heavy atom. The number of benzene rings is 2. The van der Waals surface area contributed by atoms with Gasteiger partial charge in [-0.2, -0.15) is 0 Å². The maximum Gasteiger partial charge on any atom is 0.283 e.